The minimum atomic E-state index is -0.385. The molecule has 2 amide bonds. The van der Waals surface area contributed by atoms with E-state index in [0.717, 1.165) is 50.1 Å². The fourth-order valence-corrected chi connectivity index (χ4v) is 6.29. The maximum absolute atomic E-state index is 13.4. The number of hydrogen-bond acceptors (Lipinski definition) is 7. The van der Waals surface area contributed by atoms with Crippen molar-refractivity contribution < 1.29 is 14.5 Å². The third-order valence-corrected chi connectivity index (χ3v) is 8.33. The zero-order valence-electron chi connectivity index (χ0n) is 19.7. The van der Waals surface area contributed by atoms with Crippen molar-refractivity contribution in [2.45, 2.75) is 31.7 Å². The van der Waals surface area contributed by atoms with Crippen molar-refractivity contribution in [2.75, 3.05) is 50.7 Å². The van der Waals surface area contributed by atoms with E-state index in [1.807, 2.05) is 22.4 Å². The third-order valence-electron chi connectivity index (χ3n) is 7.40. The van der Waals surface area contributed by atoms with E-state index in [9.17, 15) is 19.7 Å². The van der Waals surface area contributed by atoms with Crippen LogP contribution in [0.4, 0.5) is 11.4 Å². The minimum absolute atomic E-state index is 0.0265. The van der Waals surface area contributed by atoms with Crippen LogP contribution in [-0.2, 0) is 22.4 Å². The van der Waals surface area contributed by atoms with Crippen molar-refractivity contribution in [1.82, 2.24) is 15.1 Å². The van der Waals surface area contributed by atoms with Crippen molar-refractivity contribution in [3.05, 3.63) is 56.3 Å². The number of nitro benzene ring substituents is 1. The zero-order chi connectivity index (χ0) is 24.4. The van der Waals surface area contributed by atoms with Crippen LogP contribution in [0.15, 0.2) is 35.7 Å². The highest BCUT2D eigenvalue weighted by atomic mass is 32.1. The number of hydrogen-bond donors (Lipinski definition) is 1. The highest BCUT2D eigenvalue weighted by Gasteiger charge is 2.42. The van der Waals surface area contributed by atoms with Crippen LogP contribution < -0.4 is 10.2 Å². The van der Waals surface area contributed by atoms with E-state index in [4.69, 9.17) is 0 Å². The molecule has 35 heavy (non-hydrogen) atoms. The van der Waals surface area contributed by atoms with Gasteiger partial charge >= 0.3 is 0 Å². The van der Waals surface area contributed by atoms with Gasteiger partial charge in [0.1, 0.15) is 0 Å². The van der Waals surface area contributed by atoms with Gasteiger partial charge in [-0.25, -0.2) is 0 Å². The summed E-state index contributed by atoms with van der Waals surface area (Å²) in [6.45, 7) is 4.64. The predicted molar refractivity (Wildman–Crippen MR) is 135 cm³/mol. The maximum Gasteiger partial charge on any atom is 0.269 e. The van der Waals surface area contributed by atoms with Crippen LogP contribution in [0.25, 0.3) is 0 Å². The van der Waals surface area contributed by atoms with Gasteiger partial charge < -0.3 is 15.1 Å². The molecule has 2 atom stereocenters. The standard InChI is InChI=1S/C25H31N5O4S/c31-24(28-9-1-2-10-28)17-27-11-12-29-22-6-5-19(30(33)34)14-18(22)15-21(23(29)16-27)25(32)26-8-7-20-4-3-13-35-20/h3-6,13-14,21,23H,1-2,7-12,15-17H2,(H,26,32)/t21-,23-/m1/s1. The van der Waals surface area contributed by atoms with E-state index >= 15 is 0 Å². The number of thiophene rings is 1. The van der Waals surface area contributed by atoms with E-state index in [1.165, 1.54) is 4.88 Å². The lowest BCUT2D eigenvalue weighted by Crippen LogP contribution is -2.62. The molecule has 3 aliphatic heterocycles. The number of nitro groups is 1. The van der Waals surface area contributed by atoms with Crippen molar-refractivity contribution in [3.63, 3.8) is 0 Å². The van der Waals surface area contributed by atoms with Gasteiger partial charge in [0, 0.05) is 62.0 Å². The molecule has 10 heteroatoms. The first-order valence-electron chi connectivity index (χ1n) is 12.3. The highest BCUT2D eigenvalue weighted by molar-refractivity contribution is 7.09. The Morgan fingerprint density at radius 2 is 1.97 bits per heavy atom. The van der Waals surface area contributed by atoms with Crippen molar-refractivity contribution in [2.24, 2.45) is 5.92 Å². The zero-order valence-corrected chi connectivity index (χ0v) is 20.5. The Kier molecular flexibility index (Phi) is 7.01. The second-order valence-electron chi connectivity index (χ2n) is 9.58. The Labute approximate surface area is 208 Å². The highest BCUT2D eigenvalue weighted by Crippen LogP contribution is 2.38. The molecule has 1 aromatic heterocycles. The smallest absolute Gasteiger partial charge is 0.269 e. The largest absolute Gasteiger partial charge is 0.365 e. The lowest BCUT2D eigenvalue weighted by Gasteiger charge is -2.49. The third kappa shape index (κ3) is 5.18. The summed E-state index contributed by atoms with van der Waals surface area (Å²) >= 11 is 1.67. The van der Waals surface area contributed by atoms with Crippen LogP contribution in [0.3, 0.4) is 0 Å². The molecule has 0 unspecified atom stereocenters. The molecule has 2 saturated heterocycles. The summed E-state index contributed by atoms with van der Waals surface area (Å²) in [5, 5.41) is 16.5. The fraction of sp³-hybridized carbons (Fsp3) is 0.520. The molecule has 186 valence electrons. The van der Waals surface area contributed by atoms with Crippen molar-refractivity contribution in [3.8, 4) is 0 Å². The van der Waals surface area contributed by atoms with Crippen LogP contribution >= 0.6 is 11.3 Å². The van der Waals surface area contributed by atoms with E-state index in [2.05, 4.69) is 21.2 Å². The Bertz CT molecular complexity index is 1090. The SMILES string of the molecule is O=C(NCCc1cccs1)[C@@H]1Cc2cc([N+](=O)[O-])ccc2N2CCN(CC(=O)N3CCCC3)C[C@H]12. The molecule has 3 aliphatic rings. The van der Waals surface area contributed by atoms with Crippen LogP contribution in [0.2, 0.25) is 0 Å². The number of anilines is 1. The summed E-state index contributed by atoms with van der Waals surface area (Å²) in [6.07, 6.45) is 3.37. The average molecular weight is 498 g/mol. The van der Waals surface area contributed by atoms with Crippen LogP contribution in [-0.4, -0.2) is 78.4 Å². The molecule has 0 radical (unpaired) electrons. The topological polar surface area (TPSA) is 99.0 Å². The number of fused-ring (bicyclic) bond motifs is 3. The summed E-state index contributed by atoms with van der Waals surface area (Å²) in [4.78, 5) is 44.7. The summed E-state index contributed by atoms with van der Waals surface area (Å²) in [6, 6.07) is 8.96. The molecule has 0 aliphatic carbocycles. The average Bonchev–Trinajstić information content (AvgIpc) is 3.57. The first-order valence-corrected chi connectivity index (χ1v) is 13.2. The Hall–Kier alpha value is -2.98. The van der Waals surface area contributed by atoms with Gasteiger partial charge in [-0.05, 0) is 48.8 Å². The number of likely N-dealkylation sites (tertiary alicyclic amines) is 1. The summed E-state index contributed by atoms with van der Waals surface area (Å²) < 4.78 is 0. The molecule has 2 fully saturated rings. The molecule has 9 nitrogen and oxygen atoms in total. The minimum Gasteiger partial charge on any atom is -0.365 e. The normalized spacial score (nSPS) is 21.9. The van der Waals surface area contributed by atoms with Gasteiger partial charge in [-0.3, -0.25) is 24.6 Å². The quantitative estimate of drug-likeness (QED) is 0.466. The van der Waals surface area contributed by atoms with Crippen molar-refractivity contribution in [1.29, 1.82) is 0 Å². The lowest BCUT2D eigenvalue weighted by molar-refractivity contribution is -0.384. The van der Waals surface area contributed by atoms with E-state index in [1.54, 1.807) is 23.5 Å². The number of non-ortho nitro benzene ring substituents is 1. The Balaban J connectivity index is 1.33. The lowest BCUT2D eigenvalue weighted by atomic mass is 9.83. The molecule has 1 N–H and O–H groups in total. The molecule has 4 heterocycles. The number of carbonyl (C=O) groups is 2. The van der Waals surface area contributed by atoms with E-state index in [0.29, 0.717) is 32.6 Å². The number of benzene rings is 1. The number of amides is 2. The molecule has 5 rings (SSSR count). The number of nitrogens with zero attached hydrogens (tertiary/aromatic N) is 4. The Morgan fingerprint density at radius 1 is 1.14 bits per heavy atom. The monoisotopic (exact) mass is 497 g/mol. The second kappa shape index (κ2) is 10.3. The predicted octanol–water partition coefficient (Wildman–Crippen LogP) is 2.30. The first-order chi connectivity index (χ1) is 17.0. The summed E-state index contributed by atoms with van der Waals surface area (Å²) in [5.41, 5.74) is 1.86. The summed E-state index contributed by atoms with van der Waals surface area (Å²) in [5.74, 6) is -0.196. The van der Waals surface area contributed by atoms with E-state index < -0.39 is 0 Å². The van der Waals surface area contributed by atoms with Gasteiger partial charge in [0.05, 0.1) is 23.4 Å². The van der Waals surface area contributed by atoms with Gasteiger partial charge in [0.2, 0.25) is 11.8 Å². The van der Waals surface area contributed by atoms with Crippen LogP contribution in [0.1, 0.15) is 23.3 Å². The van der Waals surface area contributed by atoms with Gasteiger partial charge in [0.25, 0.3) is 5.69 Å². The molecule has 0 spiro atoms. The molecule has 0 saturated carbocycles. The number of piperazine rings is 1. The number of rotatable bonds is 7. The number of carbonyl (C=O) groups excluding carboxylic acids is 2. The molecular weight excluding hydrogens is 466 g/mol. The van der Waals surface area contributed by atoms with Crippen LogP contribution in [0.5, 0.6) is 0 Å². The van der Waals surface area contributed by atoms with Gasteiger partial charge in [0.15, 0.2) is 0 Å². The van der Waals surface area contributed by atoms with Crippen LogP contribution in [0, 0.1) is 16.0 Å². The second-order valence-corrected chi connectivity index (χ2v) is 10.6. The summed E-state index contributed by atoms with van der Waals surface area (Å²) in [7, 11) is 0. The first kappa shape index (κ1) is 23.7. The molecule has 0 bridgehead atoms. The Morgan fingerprint density at radius 3 is 2.71 bits per heavy atom. The maximum atomic E-state index is 13.4. The molecule has 1 aromatic carbocycles. The van der Waals surface area contributed by atoms with Gasteiger partial charge in [-0.1, -0.05) is 6.07 Å². The molecule has 2 aromatic rings. The number of nitrogens with one attached hydrogen (secondary N) is 1. The van der Waals surface area contributed by atoms with E-state index in [-0.39, 0.29) is 34.4 Å². The van der Waals surface area contributed by atoms with Gasteiger partial charge in [-0.2, -0.15) is 0 Å². The van der Waals surface area contributed by atoms with Gasteiger partial charge in [-0.15, -0.1) is 11.3 Å². The fourth-order valence-electron chi connectivity index (χ4n) is 5.58. The van der Waals surface area contributed by atoms with Crippen molar-refractivity contribution >= 4 is 34.5 Å². The molecular formula is C25H31N5O4S.